The lowest BCUT2D eigenvalue weighted by molar-refractivity contribution is 0.202. The fourth-order valence-corrected chi connectivity index (χ4v) is 2.98. The molecule has 2 rings (SSSR count). The van der Waals surface area contributed by atoms with Gasteiger partial charge in [0.05, 0.1) is 21.4 Å². The summed E-state index contributed by atoms with van der Waals surface area (Å²) in [5.74, 6) is 0. The lowest BCUT2D eigenvalue weighted by atomic mass is 10.3. The van der Waals surface area contributed by atoms with E-state index in [1.54, 1.807) is 0 Å². The smallest absolute Gasteiger partial charge is 0.416 e. The summed E-state index contributed by atoms with van der Waals surface area (Å²) in [5.41, 5.74) is 0.208. The Balaban J connectivity index is 2.43. The van der Waals surface area contributed by atoms with Gasteiger partial charge in [0.1, 0.15) is 0 Å². The van der Waals surface area contributed by atoms with E-state index in [1.807, 2.05) is 0 Å². The van der Waals surface area contributed by atoms with E-state index in [1.165, 1.54) is 36.4 Å². The molecule has 136 valence electrons. The molecule has 0 spiro atoms. The molecule has 0 saturated carbocycles. The molecular weight excluding hydrogens is 426 g/mol. The lowest BCUT2D eigenvalue weighted by Gasteiger charge is -2.20. The predicted molar refractivity (Wildman–Crippen MR) is 103 cm³/mol. The van der Waals surface area contributed by atoms with E-state index in [9.17, 15) is 19.8 Å². The molecule has 0 aliphatic carbocycles. The van der Waals surface area contributed by atoms with E-state index in [-0.39, 0.29) is 21.4 Å². The maximum atomic E-state index is 11.5. The molecule has 0 heterocycles. The minimum atomic E-state index is -1.38. The Morgan fingerprint density at radius 2 is 1.08 bits per heavy atom. The van der Waals surface area contributed by atoms with Crippen LogP contribution in [0.4, 0.5) is 21.0 Å². The molecule has 0 aromatic heterocycles. The van der Waals surface area contributed by atoms with Gasteiger partial charge in [0, 0.05) is 22.4 Å². The molecule has 2 aromatic rings. The molecule has 0 bridgehead atoms. The summed E-state index contributed by atoms with van der Waals surface area (Å²) in [6.07, 6.45) is -0.705. The van der Waals surface area contributed by atoms with Crippen LogP contribution >= 0.6 is 46.4 Å². The third-order valence-corrected chi connectivity index (χ3v) is 4.19. The van der Waals surface area contributed by atoms with Gasteiger partial charge in [0.2, 0.25) is 0 Å². The molecule has 2 N–H and O–H groups in total. The minimum Gasteiger partial charge on any atom is -0.464 e. The molecule has 10 heteroatoms. The highest BCUT2D eigenvalue weighted by Gasteiger charge is 2.19. The number of benzene rings is 2. The molecule has 0 aliphatic rings. The van der Waals surface area contributed by atoms with Gasteiger partial charge in [0.15, 0.2) is 0 Å². The fraction of sp³-hybridized carbons (Fsp3) is 0. The SMILES string of the molecule is O=C(O)N(/C=C/N(C(=O)O)c1ccc(Cl)cc1Cl)c1ccc(Cl)cc1Cl. The highest BCUT2D eigenvalue weighted by molar-refractivity contribution is 6.37. The van der Waals surface area contributed by atoms with Crippen LogP contribution in [0.25, 0.3) is 0 Å². The van der Waals surface area contributed by atoms with Crippen LogP contribution in [0.5, 0.6) is 0 Å². The van der Waals surface area contributed by atoms with Crippen molar-refractivity contribution < 1.29 is 19.8 Å². The molecule has 26 heavy (non-hydrogen) atoms. The van der Waals surface area contributed by atoms with Crippen molar-refractivity contribution >= 4 is 70.0 Å². The Labute approximate surface area is 168 Å². The second-order valence-corrected chi connectivity index (χ2v) is 6.48. The lowest BCUT2D eigenvalue weighted by Crippen LogP contribution is -2.27. The number of amides is 2. The van der Waals surface area contributed by atoms with Crippen molar-refractivity contribution in [1.29, 1.82) is 0 Å². The number of hydrogen-bond donors (Lipinski definition) is 2. The van der Waals surface area contributed by atoms with E-state index in [4.69, 9.17) is 46.4 Å². The van der Waals surface area contributed by atoms with E-state index in [0.717, 1.165) is 22.2 Å². The maximum absolute atomic E-state index is 11.5. The Kier molecular flexibility index (Phi) is 6.61. The normalized spacial score (nSPS) is 10.8. The standard InChI is InChI=1S/C16H10Cl4N2O4/c17-9-1-3-13(11(19)7-9)21(15(23)24)5-6-22(16(25)26)14-4-2-10(18)8-12(14)20/h1-8H,(H,23,24)(H,25,26)/b6-5+. The quantitative estimate of drug-likeness (QED) is 0.578. The number of carbonyl (C=O) groups is 2. The highest BCUT2D eigenvalue weighted by Crippen LogP contribution is 2.31. The van der Waals surface area contributed by atoms with Gasteiger partial charge >= 0.3 is 12.2 Å². The van der Waals surface area contributed by atoms with Gasteiger partial charge in [-0.1, -0.05) is 46.4 Å². The molecule has 0 fully saturated rings. The fourth-order valence-electron chi connectivity index (χ4n) is 1.98. The van der Waals surface area contributed by atoms with Crippen molar-refractivity contribution in [2.24, 2.45) is 0 Å². The van der Waals surface area contributed by atoms with Crippen LogP contribution in [0.1, 0.15) is 0 Å². The monoisotopic (exact) mass is 434 g/mol. The van der Waals surface area contributed by atoms with Gasteiger partial charge in [-0.2, -0.15) is 0 Å². The van der Waals surface area contributed by atoms with Crippen molar-refractivity contribution in [2.45, 2.75) is 0 Å². The number of nitrogens with zero attached hydrogens (tertiary/aromatic N) is 2. The second kappa shape index (κ2) is 8.51. The van der Waals surface area contributed by atoms with Crippen LogP contribution in [-0.4, -0.2) is 22.4 Å². The van der Waals surface area contributed by atoms with Gasteiger partial charge in [-0.05, 0) is 36.4 Å². The van der Waals surface area contributed by atoms with Crippen LogP contribution in [0.2, 0.25) is 20.1 Å². The molecule has 6 nitrogen and oxygen atoms in total. The van der Waals surface area contributed by atoms with Crippen LogP contribution in [0.15, 0.2) is 48.8 Å². The summed E-state index contributed by atoms with van der Waals surface area (Å²) >= 11 is 23.6. The largest absolute Gasteiger partial charge is 0.464 e. The summed E-state index contributed by atoms with van der Waals surface area (Å²) in [6.45, 7) is 0. The first-order chi connectivity index (χ1) is 12.2. The van der Waals surface area contributed by atoms with Crippen molar-refractivity contribution in [3.63, 3.8) is 0 Å². The Bertz CT molecular complexity index is 817. The Morgan fingerprint density at radius 3 is 1.35 bits per heavy atom. The topological polar surface area (TPSA) is 81.1 Å². The third kappa shape index (κ3) is 4.74. The van der Waals surface area contributed by atoms with Gasteiger partial charge in [0.25, 0.3) is 0 Å². The molecule has 0 radical (unpaired) electrons. The molecule has 2 aromatic carbocycles. The first kappa shape index (κ1) is 20.2. The van der Waals surface area contributed by atoms with Crippen LogP contribution in [0.3, 0.4) is 0 Å². The third-order valence-electron chi connectivity index (χ3n) is 3.12. The maximum Gasteiger partial charge on any atom is 0.416 e. The predicted octanol–water partition coefficient (Wildman–Crippen LogP) is 6.44. The summed E-state index contributed by atoms with van der Waals surface area (Å²) in [7, 11) is 0. The number of hydrogen-bond acceptors (Lipinski definition) is 2. The summed E-state index contributed by atoms with van der Waals surface area (Å²) in [4.78, 5) is 24.6. The van der Waals surface area contributed by atoms with Gasteiger partial charge < -0.3 is 10.2 Å². The average molecular weight is 436 g/mol. The molecular formula is C16H10Cl4N2O4. The number of carboxylic acid groups (broad SMARTS) is 2. The zero-order valence-corrected chi connectivity index (χ0v) is 15.8. The molecule has 0 aliphatic heterocycles. The Morgan fingerprint density at radius 1 is 0.731 bits per heavy atom. The van der Waals surface area contributed by atoms with Crippen molar-refractivity contribution in [2.75, 3.05) is 9.80 Å². The minimum absolute atomic E-state index is 0.0796. The highest BCUT2D eigenvalue weighted by atomic mass is 35.5. The van der Waals surface area contributed by atoms with Crippen molar-refractivity contribution in [1.82, 2.24) is 0 Å². The van der Waals surface area contributed by atoms with Crippen molar-refractivity contribution in [3.05, 3.63) is 68.9 Å². The zero-order chi connectivity index (χ0) is 19.4. The van der Waals surface area contributed by atoms with Gasteiger partial charge in [-0.25, -0.2) is 9.59 Å². The number of rotatable bonds is 4. The first-order valence-corrected chi connectivity index (χ1v) is 8.34. The second-order valence-electron chi connectivity index (χ2n) is 4.79. The van der Waals surface area contributed by atoms with Gasteiger partial charge in [-0.3, -0.25) is 9.80 Å². The molecule has 0 atom stereocenters. The van der Waals surface area contributed by atoms with Crippen LogP contribution in [-0.2, 0) is 0 Å². The van der Waals surface area contributed by atoms with Gasteiger partial charge in [-0.15, -0.1) is 0 Å². The van der Waals surface area contributed by atoms with E-state index >= 15 is 0 Å². The van der Waals surface area contributed by atoms with Crippen LogP contribution in [0, 0.1) is 0 Å². The average Bonchev–Trinajstić information content (AvgIpc) is 2.53. The summed E-state index contributed by atoms with van der Waals surface area (Å²) < 4.78 is 0. The van der Waals surface area contributed by atoms with E-state index in [2.05, 4.69) is 0 Å². The van der Waals surface area contributed by atoms with E-state index in [0.29, 0.717) is 10.0 Å². The molecule has 0 saturated heterocycles. The summed E-state index contributed by atoms with van der Waals surface area (Å²) in [6, 6.07) is 8.43. The zero-order valence-electron chi connectivity index (χ0n) is 12.7. The van der Waals surface area contributed by atoms with E-state index < -0.39 is 12.2 Å². The number of halogens is 4. The Hall–Kier alpha value is -2.12. The first-order valence-electron chi connectivity index (χ1n) is 6.83. The van der Waals surface area contributed by atoms with Crippen LogP contribution < -0.4 is 9.80 Å². The van der Waals surface area contributed by atoms with Crippen molar-refractivity contribution in [3.8, 4) is 0 Å². The summed E-state index contributed by atoms with van der Waals surface area (Å²) in [5, 5.41) is 19.6. The molecule has 0 unspecified atom stereocenters. The molecule has 2 amide bonds. The number of anilines is 2.